The molecule has 0 aromatic heterocycles. The van der Waals surface area contributed by atoms with Crippen LogP contribution in [0.5, 0.6) is 0 Å². The van der Waals surface area contributed by atoms with E-state index in [1.165, 1.54) is 25.3 Å². The van der Waals surface area contributed by atoms with Crippen LogP contribution in [0.2, 0.25) is 11.6 Å². The molecule has 0 aliphatic carbocycles. The Labute approximate surface area is 91.8 Å². The Bertz CT molecular complexity index is 154. The van der Waals surface area contributed by atoms with Gasteiger partial charge in [-0.3, -0.25) is 0 Å². The lowest BCUT2D eigenvalue weighted by Gasteiger charge is -2.18. The summed E-state index contributed by atoms with van der Waals surface area (Å²) in [5, 5.41) is 0. The van der Waals surface area contributed by atoms with E-state index in [2.05, 4.69) is 51.7 Å². The van der Waals surface area contributed by atoms with Crippen LogP contribution in [-0.4, -0.2) is 27.8 Å². The summed E-state index contributed by atoms with van der Waals surface area (Å²) in [6, 6.07) is 1.48. The molecule has 0 aliphatic rings. The third-order valence-electron chi connectivity index (χ3n) is 2.90. The lowest BCUT2D eigenvalue weighted by Crippen LogP contribution is -2.17. The van der Waals surface area contributed by atoms with Gasteiger partial charge in [0.2, 0.25) is 0 Å². The highest BCUT2D eigenvalue weighted by molar-refractivity contribution is 6.65. The number of hydrogen-bond donors (Lipinski definition) is 0. The van der Waals surface area contributed by atoms with E-state index >= 15 is 0 Å². The highest BCUT2D eigenvalue weighted by atomic mass is 28.3. The molecule has 2 atom stereocenters. The SMILES string of the molecule is CCCC[SiH](C=CN(C)C)C(C)CC. The molecular weight excluding hydrogens is 186 g/mol. The molecule has 0 aromatic rings. The molecule has 0 radical (unpaired) electrons. The molecule has 14 heavy (non-hydrogen) atoms. The molecular formula is C12H27NSi. The standard InChI is InChI=1S/C12H27NSi/c1-6-8-10-14(12(3)7-2)11-9-13(4)5/h9,11-12,14H,6-8,10H2,1-5H3. The predicted molar refractivity (Wildman–Crippen MR) is 69.4 cm³/mol. The molecule has 0 aliphatic heterocycles. The maximum Gasteiger partial charge on any atom is 0.0661 e. The minimum atomic E-state index is -0.624. The number of nitrogens with zero attached hydrogens (tertiary/aromatic N) is 1. The maximum atomic E-state index is 2.52. The Hall–Kier alpha value is -0.243. The van der Waals surface area contributed by atoms with Gasteiger partial charge in [-0.15, -0.1) is 0 Å². The van der Waals surface area contributed by atoms with Crippen LogP contribution in [0.4, 0.5) is 0 Å². The minimum absolute atomic E-state index is 0.624. The fraction of sp³-hybridized carbons (Fsp3) is 0.833. The Morgan fingerprint density at radius 1 is 1.29 bits per heavy atom. The topological polar surface area (TPSA) is 3.24 Å². The van der Waals surface area contributed by atoms with Gasteiger partial charge in [-0.2, -0.15) is 0 Å². The van der Waals surface area contributed by atoms with E-state index in [0.29, 0.717) is 0 Å². The lowest BCUT2D eigenvalue weighted by atomic mass is 10.4. The van der Waals surface area contributed by atoms with E-state index in [1.54, 1.807) is 0 Å². The van der Waals surface area contributed by atoms with Gasteiger partial charge in [-0.05, 0) is 11.7 Å². The van der Waals surface area contributed by atoms with Crippen molar-refractivity contribution in [3.05, 3.63) is 11.9 Å². The van der Waals surface area contributed by atoms with Crippen molar-refractivity contribution < 1.29 is 0 Å². The van der Waals surface area contributed by atoms with Crippen LogP contribution >= 0.6 is 0 Å². The fourth-order valence-electron chi connectivity index (χ4n) is 1.60. The monoisotopic (exact) mass is 213 g/mol. The summed E-state index contributed by atoms with van der Waals surface area (Å²) in [5.41, 5.74) is 3.47. The van der Waals surface area contributed by atoms with E-state index in [-0.39, 0.29) is 0 Å². The zero-order valence-corrected chi connectivity index (χ0v) is 11.7. The van der Waals surface area contributed by atoms with Crippen molar-refractivity contribution in [1.29, 1.82) is 0 Å². The van der Waals surface area contributed by atoms with Crippen molar-refractivity contribution in [2.24, 2.45) is 0 Å². The van der Waals surface area contributed by atoms with E-state index in [9.17, 15) is 0 Å². The van der Waals surface area contributed by atoms with Crippen molar-refractivity contribution in [3.8, 4) is 0 Å². The molecule has 0 saturated heterocycles. The van der Waals surface area contributed by atoms with Gasteiger partial charge < -0.3 is 4.90 Å². The van der Waals surface area contributed by atoms with E-state index < -0.39 is 8.80 Å². The molecule has 0 heterocycles. The molecule has 1 nitrogen and oxygen atoms in total. The molecule has 84 valence electrons. The smallest absolute Gasteiger partial charge is 0.0661 e. The molecule has 0 fully saturated rings. The van der Waals surface area contributed by atoms with Crippen molar-refractivity contribution in [2.45, 2.75) is 51.6 Å². The van der Waals surface area contributed by atoms with Crippen LogP contribution < -0.4 is 0 Å². The van der Waals surface area contributed by atoms with Crippen molar-refractivity contribution in [2.75, 3.05) is 14.1 Å². The van der Waals surface area contributed by atoms with Crippen LogP contribution in [0.25, 0.3) is 0 Å². The summed E-state index contributed by atoms with van der Waals surface area (Å²) in [6.07, 6.45) is 6.37. The van der Waals surface area contributed by atoms with Crippen LogP contribution in [0.3, 0.4) is 0 Å². The number of unbranched alkanes of at least 4 members (excludes halogenated alkanes) is 1. The average Bonchev–Trinajstić information content (AvgIpc) is 2.16. The van der Waals surface area contributed by atoms with Gasteiger partial charge in [0, 0.05) is 14.1 Å². The third-order valence-corrected chi connectivity index (χ3v) is 6.57. The molecule has 0 amide bonds. The predicted octanol–water partition coefficient (Wildman–Crippen LogP) is 3.43. The van der Waals surface area contributed by atoms with Gasteiger partial charge in [-0.1, -0.05) is 51.8 Å². The second kappa shape index (κ2) is 8.10. The van der Waals surface area contributed by atoms with Gasteiger partial charge >= 0.3 is 0 Å². The Morgan fingerprint density at radius 2 is 1.93 bits per heavy atom. The van der Waals surface area contributed by atoms with Gasteiger partial charge in [0.15, 0.2) is 0 Å². The van der Waals surface area contributed by atoms with Gasteiger partial charge in [0.05, 0.1) is 8.80 Å². The number of hydrogen-bond acceptors (Lipinski definition) is 1. The highest BCUT2D eigenvalue weighted by Crippen LogP contribution is 2.20. The summed E-state index contributed by atoms with van der Waals surface area (Å²) in [6.45, 7) is 7.03. The second-order valence-electron chi connectivity index (χ2n) is 4.50. The van der Waals surface area contributed by atoms with Crippen molar-refractivity contribution in [3.63, 3.8) is 0 Å². The molecule has 0 saturated carbocycles. The first-order chi connectivity index (χ1) is 6.61. The molecule has 2 heteroatoms. The first kappa shape index (κ1) is 13.8. The summed E-state index contributed by atoms with van der Waals surface area (Å²) < 4.78 is 0. The summed E-state index contributed by atoms with van der Waals surface area (Å²) in [5.74, 6) is 0. The zero-order valence-electron chi connectivity index (χ0n) is 10.6. The van der Waals surface area contributed by atoms with Gasteiger partial charge in [-0.25, -0.2) is 0 Å². The molecule has 0 spiro atoms. The first-order valence-electron chi connectivity index (χ1n) is 5.96. The quantitative estimate of drug-likeness (QED) is 0.586. The van der Waals surface area contributed by atoms with Gasteiger partial charge in [0.1, 0.15) is 0 Å². The van der Waals surface area contributed by atoms with Crippen LogP contribution in [-0.2, 0) is 0 Å². The molecule has 2 unspecified atom stereocenters. The van der Waals surface area contributed by atoms with Crippen molar-refractivity contribution >= 4 is 8.80 Å². The summed E-state index contributed by atoms with van der Waals surface area (Å²) >= 11 is 0. The van der Waals surface area contributed by atoms with Crippen LogP contribution in [0.15, 0.2) is 11.9 Å². The minimum Gasteiger partial charge on any atom is -0.384 e. The van der Waals surface area contributed by atoms with Crippen molar-refractivity contribution in [1.82, 2.24) is 4.90 Å². The molecule has 0 rings (SSSR count). The Balaban J connectivity index is 4.09. The highest BCUT2D eigenvalue weighted by Gasteiger charge is 2.13. The first-order valence-corrected chi connectivity index (χ1v) is 8.11. The van der Waals surface area contributed by atoms with Gasteiger partial charge in [0.25, 0.3) is 0 Å². The molecule has 0 bridgehead atoms. The molecule has 0 N–H and O–H groups in total. The summed E-state index contributed by atoms with van der Waals surface area (Å²) in [4.78, 5) is 2.16. The lowest BCUT2D eigenvalue weighted by molar-refractivity contribution is 0.564. The largest absolute Gasteiger partial charge is 0.384 e. The Morgan fingerprint density at radius 3 is 2.36 bits per heavy atom. The maximum absolute atomic E-state index is 2.52. The van der Waals surface area contributed by atoms with Crippen LogP contribution in [0, 0.1) is 0 Å². The Kier molecular flexibility index (Phi) is 7.96. The van der Waals surface area contributed by atoms with E-state index in [0.717, 1.165) is 5.54 Å². The normalized spacial score (nSPS) is 15.8. The molecule has 0 aromatic carbocycles. The second-order valence-corrected chi connectivity index (χ2v) is 7.92. The number of rotatable bonds is 7. The van der Waals surface area contributed by atoms with E-state index in [4.69, 9.17) is 0 Å². The van der Waals surface area contributed by atoms with E-state index in [1.807, 2.05) is 0 Å². The van der Waals surface area contributed by atoms with Crippen LogP contribution in [0.1, 0.15) is 40.0 Å². The third kappa shape index (κ3) is 6.25. The zero-order chi connectivity index (χ0) is 11.0. The average molecular weight is 213 g/mol. The summed E-state index contributed by atoms with van der Waals surface area (Å²) in [7, 11) is 3.60. The fourth-order valence-corrected chi connectivity index (χ4v) is 4.79.